The number of amides is 2. The number of ether oxygens (including phenoxy) is 1. The maximum Gasteiger partial charge on any atom is 0.265 e. The number of pyridine rings is 1. The lowest BCUT2D eigenvalue weighted by molar-refractivity contribution is -0.132. The molecule has 1 saturated heterocycles. The summed E-state index contributed by atoms with van der Waals surface area (Å²) in [5.74, 6) is 0.978. The van der Waals surface area contributed by atoms with Crippen LogP contribution in [-0.2, 0) is 9.59 Å². The van der Waals surface area contributed by atoms with Crippen LogP contribution in [0.1, 0.15) is 23.7 Å². The van der Waals surface area contributed by atoms with Gasteiger partial charge in [0, 0.05) is 44.4 Å². The Morgan fingerprint density at radius 1 is 1.10 bits per heavy atom. The molecule has 2 aromatic rings. The van der Waals surface area contributed by atoms with Crippen molar-refractivity contribution in [3.8, 4) is 5.75 Å². The first-order valence-electron chi connectivity index (χ1n) is 10.1. The Morgan fingerprint density at radius 2 is 1.90 bits per heavy atom. The molecule has 0 radical (unpaired) electrons. The third-order valence-corrected chi connectivity index (χ3v) is 5.44. The molecule has 0 saturated carbocycles. The molecule has 0 N–H and O–H groups in total. The maximum atomic E-state index is 12.9. The van der Waals surface area contributed by atoms with E-state index in [-0.39, 0.29) is 30.7 Å². The van der Waals surface area contributed by atoms with Crippen LogP contribution >= 0.6 is 0 Å². The van der Waals surface area contributed by atoms with Crippen LogP contribution in [0.15, 0.2) is 42.6 Å². The minimum Gasteiger partial charge on any atom is -0.482 e. The molecule has 0 spiro atoms. The number of fused-ring (bicyclic) bond motifs is 1. The first-order valence-corrected chi connectivity index (χ1v) is 10.1. The number of rotatable bonds is 5. The first kappa shape index (κ1) is 19.9. The van der Waals surface area contributed by atoms with E-state index in [4.69, 9.17) is 4.74 Å². The zero-order chi connectivity index (χ0) is 21.1. The van der Waals surface area contributed by atoms with Crippen molar-refractivity contribution in [2.75, 3.05) is 49.1 Å². The molecule has 0 aliphatic carbocycles. The quantitative estimate of drug-likeness (QED) is 0.701. The number of hydrogen-bond acceptors (Lipinski definition) is 6. The lowest BCUT2D eigenvalue weighted by atomic mass is 10.1. The molecule has 1 aromatic carbocycles. The van der Waals surface area contributed by atoms with E-state index >= 15 is 0 Å². The van der Waals surface area contributed by atoms with Gasteiger partial charge in [0.25, 0.3) is 5.91 Å². The van der Waals surface area contributed by atoms with Crippen LogP contribution in [0.2, 0.25) is 0 Å². The SMILES string of the molecule is CCC(=O)c1ccc2c(c1)N(CC(=O)N1CCN(c3ccccn3)CC1)C(=O)CO2. The van der Waals surface area contributed by atoms with Crippen LogP contribution in [0, 0.1) is 0 Å². The van der Waals surface area contributed by atoms with Gasteiger partial charge in [0.2, 0.25) is 5.91 Å². The van der Waals surface area contributed by atoms with Gasteiger partial charge in [-0.1, -0.05) is 13.0 Å². The van der Waals surface area contributed by atoms with Gasteiger partial charge in [-0.15, -0.1) is 0 Å². The van der Waals surface area contributed by atoms with Crippen LogP contribution in [0.5, 0.6) is 5.75 Å². The number of nitrogens with zero attached hydrogens (tertiary/aromatic N) is 4. The van der Waals surface area contributed by atoms with Crippen LogP contribution in [0.4, 0.5) is 11.5 Å². The number of piperazine rings is 1. The highest BCUT2D eigenvalue weighted by molar-refractivity contribution is 6.04. The Bertz CT molecular complexity index is 955. The highest BCUT2D eigenvalue weighted by Gasteiger charge is 2.30. The highest BCUT2D eigenvalue weighted by Crippen LogP contribution is 2.33. The van der Waals surface area contributed by atoms with Crippen LogP contribution in [0.25, 0.3) is 0 Å². The summed E-state index contributed by atoms with van der Waals surface area (Å²) in [4.78, 5) is 47.2. The summed E-state index contributed by atoms with van der Waals surface area (Å²) in [5, 5.41) is 0. The fourth-order valence-corrected chi connectivity index (χ4v) is 3.71. The Kier molecular flexibility index (Phi) is 5.65. The molecule has 0 atom stereocenters. The van der Waals surface area contributed by atoms with Crippen molar-refractivity contribution < 1.29 is 19.1 Å². The Hall–Kier alpha value is -3.42. The van der Waals surface area contributed by atoms with Gasteiger partial charge < -0.3 is 14.5 Å². The summed E-state index contributed by atoms with van der Waals surface area (Å²) in [6.07, 6.45) is 2.12. The molecular formula is C22H24N4O4. The third kappa shape index (κ3) is 3.98. The molecule has 2 amide bonds. The predicted molar refractivity (Wildman–Crippen MR) is 112 cm³/mol. The number of anilines is 2. The number of ketones is 1. The van der Waals surface area contributed by atoms with E-state index in [1.807, 2.05) is 18.2 Å². The molecule has 0 unspecified atom stereocenters. The number of carbonyl (C=O) groups is 3. The van der Waals surface area contributed by atoms with Crippen LogP contribution < -0.4 is 14.5 Å². The van der Waals surface area contributed by atoms with Gasteiger partial charge in [-0.2, -0.15) is 0 Å². The topological polar surface area (TPSA) is 83.1 Å². The average Bonchev–Trinajstić information content (AvgIpc) is 2.80. The second-order valence-corrected chi connectivity index (χ2v) is 7.28. The zero-order valence-electron chi connectivity index (χ0n) is 16.9. The minimum absolute atomic E-state index is 0.0206. The molecule has 3 heterocycles. The Labute approximate surface area is 175 Å². The Balaban J connectivity index is 1.45. The molecule has 1 fully saturated rings. The van der Waals surface area contributed by atoms with Gasteiger partial charge in [-0.25, -0.2) is 4.98 Å². The predicted octanol–water partition coefficient (Wildman–Crippen LogP) is 1.75. The van der Waals surface area contributed by atoms with Gasteiger partial charge in [-0.05, 0) is 30.3 Å². The number of benzene rings is 1. The minimum atomic E-state index is -0.288. The standard InChI is InChI=1S/C22H24N4O4/c1-2-18(27)16-6-7-19-17(13-16)26(22(29)15-30-19)14-21(28)25-11-9-24(10-12-25)20-5-3-4-8-23-20/h3-8,13H,2,9-12,14-15H2,1H3. The van der Waals surface area contributed by atoms with Crippen molar-refractivity contribution in [2.45, 2.75) is 13.3 Å². The summed E-state index contributed by atoms with van der Waals surface area (Å²) in [5.41, 5.74) is 0.988. The van der Waals surface area contributed by atoms with Crippen molar-refractivity contribution in [3.05, 3.63) is 48.2 Å². The van der Waals surface area contributed by atoms with Crippen LogP contribution in [0.3, 0.4) is 0 Å². The molecule has 30 heavy (non-hydrogen) atoms. The molecule has 2 aliphatic rings. The summed E-state index contributed by atoms with van der Waals surface area (Å²) < 4.78 is 5.48. The Morgan fingerprint density at radius 3 is 2.60 bits per heavy atom. The van der Waals surface area contributed by atoms with E-state index in [1.54, 1.807) is 36.2 Å². The number of hydrogen-bond donors (Lipinski definition) is 0. The van der Waals surface area contributed by atoms with E-state index < -0.39 is 0 Å². The number of Topliss-reactive ketones (excluding diaryl/α,β-unsaturated/α-hetero) is 1. The largest absolute Gasteiger partial charge is 0.482 e. The fourth-order valence-electron chi connectivity index (χ4n) is 3.71. The fraction of sp³-hybridized carbons (Fsp3) is 0.364. The smallest absolute Gasteiger partial charge is 0.265 e. The van der Waals surface area contributed by atoms with Gasteiger partial charge in [0.1, 0.15) is 18.1 Å². The second kappa shape index (κ2) is 8.52. The van der Waals surface area contributed by atoms with Gasteiger partial charge in [0.05, 0.1) is 5.69 Å². The van der Waals surface area contributed by atoms with Crippen molar-refractivity contribution in [2.24, 2.45) is 0 Å². The van der Waals surface area contributed by atoms with E-state index in [0.29, 0.717) is 49.6 Å². The summed E-state index contributed by atoms with van der Waals surface area (Å²) in [7, 11) is 0. The van der Waals surface area contributed by atoms with Crippen LogP contribution in [-0.4, -0.2) is 66.8 Å². The molecule has 156 valence electrons. The normalized spacial score (nSPS) is 16.2. The van der Waals surface area contributed by atoms with E-state index in [1.165, 1.54) is 4.90 Å². The molecule has 2 aliphatic heterocycles. The molecule has 8 nitrogen and oxygen atoms in total. The molecular weight excluding hydrogens is 384 g/mol. The van der Waals surface area contributed by atoms with Crippen molar-refractivity contribution in [3.63, 3.8) is 0 Å². The second-order valence-electron chi connectivity index (χ2n) is 7.28. The lowest BCUT2D eigenvalue weighted by Gasteiger charge is -2.37. The van der Waals surface area contributed by atoms with E-state index in [2.05, 4.69) is 9.88 Å². The summed E-state index contributed by atoms with van der Waals surface area (Å²) >= 11 is 0. The van der Waals surface area contributed by atoms with E-state index in [9.17, 15) is 14.4 Å². The molecule has 8 heteroatoms. The average molecular weight is 408 g/mol. The first-order chi connectivity index (χ1) is 14.6. The van der Waals surface area contributed by atoms with Gasteiger partial charge in [0.15, 0.2) is 12.4 Å². The maximum absolute atomic E-state index is 12.9. The van der Waals surface area contributed by atoms with Gasteiger partial charge >= 0.3 is 0 Å². The zero-order valence-corrected chi connectivity index (χ0v) is 16.9. The number of aromatic nitrogens is 1. The van der Waals surface area contributed by atoms with E-state index in [0.717, 1.165) is 5.82 Å². The van der Waals surface area contributed by atoms with Gasteiger partial charge in [-0.3, -0.25) is 19.3 Å². The molecule has 1 aromatic heterocycles. The molecule has 0 bridgehead atoms. The summed E-state index contributed by atoms with van der Waals surface area (Å²) in [6.45, 7) is 4.11. The van der Waals surface area contributed by atoms with Crippen molar-refractivity contribution in [1.29, 1.82) is 0 Å². The summed E-state index contributed by atoms with van der Waals surface area (Å²) in [6, 6.07) is 10.8. The van der Waals surface area contributed by atoms with Crippen molar-refractivity contribution >= 4 is 29.1 Å². The lowest BCUT2D eigenvalue weighted by Crippen LogP contribution is -2.53. The third-order valence-electron chi connectivity index (χ3n) is 5.44. The number of carbonyl (C=O) groups excluding carboxylic acids is 3. The molecule has 4 rings (SSSR count). The monoisotopic (exact) mass is 408 g/mol. The van der Waals surface area contributed by atoms with Crippen molar-refractivity contribution in [1.82, 2.24) is 9.88 Å². The highest BCUT2D eigenvalue weighted by atomic mass is 16.5.